The summed E-state index contributed by atoms with van der Waals surface area (Å²) in [5, 5.41) is 2.51. The summed E-state index contributed by atoms with van der Waals surface area (Å²) in [7, 11) is 0. The first-order chi connectivity index (χ1) is 9.08. The number of carbonyl (C=O) groups excluding carboxylic acids is 3. The molecule has 2 atom stereocenters. The van der Waals surface area contributed by atoms with Crippen molar-refractivity contribution in [3.63, 3.8) is 0 Å². The molecular formula is C14H15NO4. The standard InChI is InChI=1S/C14H15NO4/c1-9(13(17)10-5-3-2-4-6-10)19-14(18)11-7-8-12(16)15-11/h2-6,9,11H,7-8H2,1H3,(H,15,16)/t9-,11+/m0/s1. The van der Waals surface area contributed by atoms with E-state index in [2.05, 4.69) is 5.32 Å². The van der Waals surface area contributed by atoms with E-state index in [-0.39, 0.29) is 11.7 Å². The summed E-state index contributed by atoms with van der Waals surface area (Å²) in [6, 6.07) is 8.02. The molecule has 5 nitrogen and oxygen atoms in total. The number of carbonyl (C=O) groups is 3. The number of ether oxygens (including phenoxy) is 1. The second kappa shape index (κ2) is 5.65. The van der Waals surface area contributed by atoms with Crippen LogP contribution < -0.4 is 5.32 Å². The number of hydrogen-bond acceptors (Lipinski definition) is 4. The molecule has 1 saturated heterocycles. The molecule has 0 aliphatic carbocycles. The number of amides is 1. The smallest absolute Gasteiger partial charge is 0.329 e. The number of esters is 1. The highest BCUT2D eigenvalue weighted by molar-refractivity contribution is 6.00. The maximum atomic E-state index is 12.0. The Kier molecular flexibility index (Phi) is 3.94. The second-order valence-electron chi connectivity index (χ2n) is 4.47. The molecule has 1 fully saturated rings. The Labute approximate surface area is 110 Å². The van der Waals surface area contributed by atoms with Crippen LogP contribution in [0.2, 0.25) is 0 Å². The van der Waals surface area contributed by atoms with E-state index in [4.69, 9.17) is 4.74 Å². The van der Waals surface area contributed by atoms with Gasteiger partial charge in [0.1, 0.15) is 6.04 Å². The molecule has 0 saturated carbocycles. The molecule has 1 aromatic rings. The Morgan fingerprint density at radius 3 is 2.58 bits per heavy atom. The lowest BCUT2D eigenvalue weighted by molar-refractivity contribution is -0.149. The molecule has 1 amide bonds. The Balaban J connectivity index is 1.94. The Hall–Kier alpha value is -2.17. The van der Waals surface area contributed by atoms with Crippen molar-refractivity contribution >= 4 is 17.7 Å². The van der Waals surface area contributed by atoms with Gasteiger partial charge in [0.2, 0.25) is 11.7 Å². The van der Waals surface area contributed by atoms with Gasteiger partial charge in [-0.2, -0.15) is 0 Å². The molecule has 19 heavy (non-hydrogen) atoms. The zero-order valence-electron chi connectivity index (χ0n) is 10.6. The molecule has 1 aliphatic heterocycles. The number of nitrogens with one attached hydrogen (secondary N) is 1. The molecule has 1 N–H and O–H groups in total. The lowest BCUT2D eigenvalue weighted by Crippen LogP contribution is -2.37. The fraction of sp³-hybridized carbons (Fsp3) is 0.357. The van der Waals surface area contributed by atoms with Crippen LogP contribution in [0.1, 0.15) is 30.1 Å². The largest absolute Gasteiger partial charge is 0.453 e. The first-order valence-corrected chi connectivity index (χ1v) is 6.17. The molecule has 0 unspecified atom stereocenters. The number of ketones is 1. The third kappa shape index (κ3) is 3.19. The van der Waals surface area contributed by atoms with Gasteiger partial charge in [-0.15, -0.1) is 0 Å². The van der Waals surface area contributed by atoms with Gasteiger partial charge in [0.25, 0.3) is 0 Å². The Morgan fingerprint density at radius 1 is 1.32 bits per heavy atom. The van der Waals surface area contributed by atoms with Crippen LogP contribution in [-0.4, -0.2) is 29.8 Å². The van der Waals surface area contributed by atoms with E-state index in [0.717, 1.165) is 0 Å². The van der Waals surface area contributed by atoms with E-state index in [1.54, 1.807) is 24.3 Å². The van der Waals surface area contributed by atoms with Gasteiger partial charge in [-0.25, -0.2) is 4.79 Å². The first-order valence-electron chi connectivity index (χ1n) is 6.17. The van der Waals surface area contributed by atoms with Crippen LogP contribution in [0, 0.1) is 0 Å². The molecule has 0 spiro atoms. The van der Waals surface area contributed by atoms with Crippen molar-refractivity contribution in [2.24, 2.45) is 0 Å². The maximum Gasteiger partial charge on any atom is 0.329 e. The number of rotatable bonds is 4. The van der Waals surface area contributed by atoms with Gasteiger partial charge >= 0.3 is 5.97 Å². The third-order valence-electron chi connectivity index (χ3n) is 3.00. The van der Waals surface area contributed by atoms with Gasteiger partial charge in [0.05, 0.1) is 0 Å². The zero-order chi connectivity index (χ0) is 13.8. The van der Waals surface area contributed by atoms with Gasteiger partial charge < -0.3 is 10.1 Å². The highest BCUT2D eigenvalue weighted by Gasteiger charge is 2.30. The summed E-state index contributed by atoms with van der Waals surface area (Å²) in [6.45, 7) is 1.53. The van der Waals surface area contributed by atoms with Crippen LogP contribution in [0.3, 0.4) is 0 Å². The van der Waals surface area contributed by atoms with Gasteiger partial charge in [-0.05, 0) is 13.3 Å². The highest BCUT2D eigenvalue weighted by Crippen LogP contribution is 2.11. The summed E-state index contributed by atoms with van der Waals surface area (Å²) in [5.74, 6) is -0.968. The van der Waals surface area contributed by atoms with Crippen LogP contribution in [0.15, 0.2) is 30.3 Å². The normalized spacial score (nSPS) is 19.6. The molecule has 1 aliphatic rings. The summed E-state index contributed by atoms with van der Waals surface area (Å²) >= 11 is 0. The van der Waals surface area contributed by atoms with Gasteiger partial charge in [-0.1, -0.05) is 30.3 Å². The van der Waals surface area contributed by atoms with E-state index in [9.17, 15) is 14.4 Å². The average molecular weight is 261 g/mol. The minimum atomic E-state index is -0.854. The van der Waals surface area contributed by atoms with E-state index >= 15 is 0 Å². The molecule has 1 aromatic carbocycles. The number of benzene rings is 1. The van der Waals surface area contributed by atoms with Crippen LogP contribution in [-0.2, 0) is 14.3 Å². The number of hydrogen-bond donors (Lipinski definition) is 1. The van der Waals surface area contributed by atoms with Crippen LogP contribution >= 0.6 is 0 Å². The average Bonchev–Trinajstić information content (AvgIpc) is 2.85. The van der Waals surface area contributed by atoms with E-state index in [1.807, 2.05) is 6.07 Å². The minimum absolute atomic E-state index is 0.163. The minimum Gasteiger partial charge on any atom is -0.453 e. The molecule has 5 heteroatoms. The Morgan fingerprint density at radius 2 is 2.00 bits per heavy atom. The molecule has 2 rings (SSSR count). The summed E-state index contributed by atoms with van der Waals surface area (Å²) in [5.41, 5.74) is 0.498. The third-order valence-corrected chi connectivity index (χ3v) is 3.00. The van der Waals surface area contributed by atoms with Crippen LogP contribution in [0.5, 0.6) is 0 Å². The first kappa shape index (κ1) is 13.3. The molecule has 0 bridgehead atoms. The summed E-state index contributed by atoms with van der Waals surface area (Å²) < 4.78 is 5.10. The summed E-state index contributed by atoms with van der Waals surface area (Å²) in [4.78, 5) is 34.8. The van der Waals surface area contributed by atoms with Gasteiger partial charge in [0, 0.05) is 12.0 Å². The molecule has 0 aromatic heterocycles. The lowest BCUT2D eigenvalue weighted by atomic mass is 10.1. The van der Waals surface area contributed by atoms with E-state index in [0.29, 0.717) is 18.4 Å². The van der Waals surface area contributed by atoms with Crippen molar-refractivity contribution < 1.29 is 19.1 Å². The molecule has 0 radical (unpaired) electrons. The molecular weight excluding hydrogens is 246 g/mol. The summed E-state index contributed by atoms with van der Waals surface area (Å²) in [6.07, 6.45) is -0.113. The highest BCUT2D eigenvalue weighted by atomic mass is 16.5. The van der Waals surface area contributed by atoms with Gasteiger partial charge in [0.15, 0.2) is 6.10 Å². The van der Waals surface area contributed by atoms with Gasteiger partial charge in [-0.3, -0.25) is 9.59 Å². The van der Waals surface area contributed by atoms with E-state index in [1.165, 1.54) is 6.92 Å². The van der Waals surface area contributed by atoms with Crippen molar-refractivity contribution in [3.05, 3.63) is 35.9 Å². The Bertz CT molecular complexity index is 497. The van der Waals surface area contributed by atoms with Crippen molar-refractivity contribution in [1.29, 1.82) is 0 Å². The van der Waals surface area contributed by atoms with Crippen molar-refractivity contribution in [2.45, 2.75) is 31.9 Å². The maximum absolute atomic E-state index is 12.0. The van der Waals surface area contributed by atoms with Crippen LogP contribution in [0.4, 0.5) is 0 Å². The lowest BCUT2D eigenvalue weighted by Gasteiger charge is -2.15. The van der Waals surface area contributed by atoms with Crippen LogP contribution in [0.25, 0.3) is 0 Å². The quantitative estimate of drug-likeness (QED) is 0.650. The topological polar surface area (TPSA) is 72.5 Å². The fourth-order valence-electron chi connectivity index (χ4n) is 1.94. The predicted octanol–water partition coefficient (Wildman–Crippen LogP) is 1.08. The zero-order valence-corrected chi connectivity index (χ0v) is 10.6. The van der Waals surface area contributed by atoms with Crippen molar-refractivity contribution in [3.8, 4) is 0 Å². The fourth-order valence-corrected chi connectivity index (χ4v) is 1.94. The molecule has 1 heterocycles. The van der Waals surface area contributed by atoms with Crippen molar-refractivity contribution in [1.82, 2.24) is 5.32 Å². The SMILES string of the molecule is C[C@H](OC(=O)[C@H]1CCC(=O)N1)C(=O)c1ccccc1. The van der Waals surface area contributed by atoms with Crippen molar-refractivity contribution in [2.75, 3.05) is 0 Å². The number of Topliss-reactive ketones (excluding diaryl/α,β-unsaturated/α-hetero) is 1. The monoisotopic (exact) mass is 261 g/mol. The molecule has 100 valence electrons. The van der Waals surface area contributed by atoms with E-state index < -0.39 is 18.1 Å². The second-order valence-corrected chi connectivity index (χ2v) is 4.47. The predicted molar refractivity (Wildman–Crippen MR) is 67.5 cm³/mol.